The zero-order chi connectivity index (χ0) is 9.97. The Labute approximate surface area is 86.4 Å². The van der Waals surface area contributed by atoms with Crippen molar-refractivity contribution in [2.45, 2.75) is 13.3 Å². The number of hydrogen-bond acceptors (Lipinski definition) is 3. The maximum absolute atomic E-state index is 8.86. The average Bonchev–Trinajstić information content (AvgIpc) is 2.76. The minimum atomic E-state index is 0.190. The Morgan fingerprint density at radius 3 is 3.07 bits per heavy atom. The highest BCUT2D eigenvalue weighted by molar-refractivity contribution is 7.15. The number of thiazole rings is 1. The van der Waals surface area contributed by atoms with E-state index in [0.717, 1.165) is 16.3 Å². The molecule has 14 heavy (non-hydrogen) atoms. The summed E-state index contributed by atoms with van der Waals surface area (Å²) in [6.07, 6.45) is 4.52. The second kappa shape index (κ2) is 3.94. The molecule has 0 saturated heterocycles. The first-order valence-corrected chi connectivity index (χ1v) is 5.33. The molecule has 0 atom stereocenters. The van der Waals surface area contributed by atoms with Crippen molar-refractivity contribution >= 4 is 11.3 Å². The third-order valence-corrected chi connectivity index (χ3v) is 3.34. The number of nitrogens with one attached hydrogen (secondary N) is 1. The molecule has 0 radical (unpaired) electrons. The van der Waals surface area contributed by atoms with Gasteiger partial charge in [-0.25, -0.2) is 4.98 Å². The van der Waals surface area contributed by atoms with Crippen LogP contribution in [-0.4, -0.2) is 21.7 Å². The highest BCUT2D eigenvalue weighted by Crippen LogP contribution is 2.27. The first-order valence-electron chi connectivity index (χ1n) is 4.51. The zero-order valence-corrected chi connectivity index (χ0v) is 8.77. The molecule has 0 aliphatic rings. The monoisotopic (exact) mass is 208 g/mol. The van der Waals surface area contributed by atoms with Crippen molar-refractivity contribution in [1.29, 1.82) is 0 Å². The van der Waals surface area contributed by atoms with Gasteiger partial charge in [-0.2, -0.15) is 0 Å². The van der Waals surface area contributed by atoms with Gasteiger partial charge >= 0.3 is 0 Å². The van der Waals surface area contributed by atoms with Gasteiger partial charge < -0.3 is 10.1 Å². The molecule has 0 fully saturated rings. The van der Waals surface area contributed by atoms with Gasteiger partial charge in [0, 0.05) is 35.9 Å². The van der Waals surface area contributed by atoms with Crippen molar-refractivity contribution in [3.63, 3.8) is 0 Å². The molecule has 0 aliphatic carbocycles. The van der Waals surface area contributed by atoms with Crippen LogP contribution in [-0.2, 0) is 6.42 Å². The molecule has 0 spiro atoms. The van der Waals surface area contributed by atoms with Crippen LogP contribution in [0.1, 0.15) is 10.6 Å². The minimum absolute atomic E-state index is 0.190. The van der Waals surface area contributed by atoms with Crippen LogP contribution in [0.15, 0.2) is 18.5 Å². The van der Waals surface area contributed by atoms with E-state index in [-0.39, 0.29) is 6.61 Å². The van der Waals surface area contributed by atoms with Gasteiger partial charge in [0.2, 0.25) is 0 Å². The van der Waals surface area contributed by atoms with E-state index >= 15 is 0 Å². The van der Waals surface area contributed by atoms with Gasteiger partial charge in [0.25, 0.3) is 0 Å². The molecule has 0 bridgehead atoms. The Hall–Kier alpha value is -1.13. The highest BCUT2D eigenvalue weighted by atomic mass is 32.1. The first-order chi connectivity index (χ1) is 6.81. The van der Waals surface area contributed by atoms with Crippen LogP contribution in [0, 0.1) is 6.92 Å². The van der Waals surface area contributed by atoms with Crippen LogP contribution < -0.4 is 0 Å². The molecule has 0 amide bonds. The van der Waals surface area contributed by atoms with Crippen molar-refractivity contribution in [2.24, 2.45) is 0 Å². The summed E-state index contributed by atoms with van der Waals surface area (Å²) in [5.74, 6) is 0. The fourth-order valence-electron chi connectivity index (χ4n) is 1.34. The quantitative estimate of drug-likeness (QED) is 0.810. The molecule has 3 nitrogen and oxygen atoms in total. The van der Waals surface area contributed by atoms with E-state index in [1.165, 1.54) is 4.88 Å². The van der Waals surface area contributed by atoms with Crippen molar-refractivity contribution in [1.82, 2.24) is 9.97 Å². The second-order valence-corrected chi connectivity index (χ2v) is 4.18. The third-order valence-electron chi connectivity index (χ3n) is 2.08. The molecule has 2 N–H and O–H groups in total. The van der Waals surface area contributed by atoms with Crippen molar-refractivity contribution in [3.05, 3.63) is 29.0 Å². The zero-order valence-electron chi connectivity index (χ0n) is 7.95. The van der Waals surface area contributed by atoms with E-state index in [1.54, 1.807) is 11.3 Å². The smallest absolute Gasteiger partial charge is 0.125 e. The largest absolute Gasteiger partial charge is 0.396 e. The van der Waals surface area contributed by atoms with Crippen molar-refractivity contribution in [2.75, 3.05) is 6.61 Å². The van der Waals surface area contributed by atoms with Crippen molar-refractivity contribution in [3.8, 4) is 10.6 Å². The molecule has 2 rings (SSSR count). The lowest BCUT2D eigenvalue weighted by atomic mass is 10.3. The number of H-pyrrole nitrogens is 1. The molecule has 2 aromatic heterocycles. The highest BCUT2D eigenvalue weighted by Gasteiger charge is 2.08. The standard InChI is InChI=1S/C10H12N2OS/c1-7-9(3-5-13)14-10(12-7)8-2-4-11-6-8/h2,4,6,11,13H,3,5H2,1H3. The summed E-state index contributed by atoms with van der Waals surface area (Å²) in [4.78, 5) is 8.64. The van der Waals surface area contributed by atoms with E-state index in [2.05, 4.69) is 9.97 Å². The summed E-state index contributed by atoms with van der Waals surface area (Å²) in [5, 5.41) is 9.88. The molecule has 2 heterocycles. The molecular weight excluding hydrogens is 196 g/mol. The summed E-state index contributed by atoms with van der Waals surface area (Å²) in [5.41, 5.74) is 2.14. The van der Waals surface area contributed by atoms with E-state index in [4.69, 9.17) is 5.11 Å². The van der Waals surface area contributed by atoms with Gasteiger partial charge in [-0.1, -0.05) is 0 Å². The van der Waals surface area contributed by atoms with Gasteiger partial charge in [-0.3, -0.25) is 0 Å². The topological polar surface area (TPSA) is 48.9 Å². The van der Waals surface area contributed by atoms with Gasteiger partial charge in [-0.15, -0.1) is 11.3 Å². The summed E-state index contributed by atoms with van der Waals surface area (Å²) in [6, 6.07) is 2.00. The maximum Gasteiger partial charge on any atom is 0.125 e. The normalized spacial score (nSPS) is 10.7. The minimum Gasteiger partial charge on any atom is -0.396 e. The van der Waals surface area contributed by atoms with Gasteiger partial charge in [0.15, 0.2) is 0 Å². The van der Waals surface area contributed by atoms with Gasteiger partial charge in [0.1, 0.15) is 5.01 Å². The summed E-state index contributed by atoms with van der Waals surface area (Å²) in [6.45, 7) is 2.17. The molecule has 0 unspecified atom stereocenters. The Bertz CT molecular complexity index is 406. The molecule has 0 aromatic carbocycles. The van der Waals surface area contributed by atoms with Crippen LogP contribution in [0.3, 0.4) is 0 Å². The van der Waals surface area contributed by atoms with E-state index in [9.17, 15) is 0 Å². The fourth-order valence-corrected chi connectivity index (χ4v) is 2.39. The Morgan fingerprint density at radius 2 is 2.43 bits per heavy atom. The van der Waals surface area contributed by atoms with E-state index in [1.807, 2.05) is 25.4 Å². The number of aryl methyl sites for hydroxylation is 1. The van der Waals surface area contributed by atoms with Crippen LogP contribution >= 0.6 is 11.3 Å². The number of aromatic amines is 1. The van der Waals surface area contributed by atoms with Crippen LogP contribution in [0.5, 0.6) is 0 Å². The Morgan fingerprint density at radius 1 is 1.57 bits per heavy atom. The maximum atomic E-state index is 8.86. The molecule has 2 aromatic rings. The number of hydrogen-bond donors (Lipinski definition) is 2. The van der Waals surface area contributed by atoms with Crippen LogP contribution in [0.4, 0.5) is 0 Å². The van der Waals surface area contributed by atoms with Gasteiger partial charge in [0.05, 0.1) is 5.69 Å². The summed E-state index contributed by atoms with van der Waals surface area (Å²) >= 11 is 1.65. The number of nitrogens with zero attached hydrogens (tertiary/aromatic N) is 1. The molecule has 0 saturated carbocycles. The first kappa shape index (κ1) is 9.43. The number of aliphatic hydroxyl groups is 1. The number of aromatic nitrogens is 2. The molecule has 4 heteroatoms. The third kappa shape index (κ3) is 1.71. The lowest BCUT2D eigenvalue weighted by Crippen LogP contribution is -1.88. The summed E-state index contributed by atoms with van der Waals surface area (Å²) < 4.78 is 0. The molecular formula is C10H12N2OS. The second-order valence-electron chi connectivity index (χ2n) is 3.10. The van der Waals surface area contributed by atoms with Crippen LogP contribution in [0.25, 0.3) is 10.6 Å². The average molecular weight is 208 g/mol. The SMILES string of the molecule is Cc1nc(-c2cc[nH]c2)sc1CCO. The van der Waals surface area contributed by atoms with Crippen LogP contribution in [0.2, 0.25) is 0 Å². The Balaban J connectivity index is 2.33. The summed E-state index contributed by atoms with van der Waals surface area (Å²) in [7, 11) is 0. The van der Waals surface area contributed by atoms with Gasteiger partial charge in [-0.05, 0) is 13.0 Å². The number of rotatable bonds is 3. The van der Waals surface area contributed by atoms with Crippen molar-refractivity contribution < 1.29 is 5.11 Å². The van der Waals surface area contributed by atoms with E-state index < -0.39 is 0 Å². The lowest BCUT2D eigenvalue weighted by Gasteiger charge is -1.90. The predicted octanol–water partition coefficient (Wildman–Crippen LogP) is 1.98. The fraction of sp³-hybridized carbons (Fsp3) is 0.300. The Kier molecular flexibility index (Phi) is 2.65. The predicted molar refractivity (Wildman–Crippen MR) is 57.4 cm³/mol. The number of aliphatic hydroxyl groups excluding tert-OH is 1. The molecule has 0 aliphatic heterocycles. The lowest BCUT2D eigenvalue weighted by molar-refractivity contribution is 0.300. The molecule has 74 valence electrons. The van der Waals surface area contributed by atoms with E-state index in [0.29, 0.717) is 6.42 Å².